The van der Waals surface area contributed by atoms with Gasteiger partial charge in [-0.3, -0.25) is 0 Å². The van der Waals surface area contributed by atoms with Gasteiger partial charge < -0.3 is 4.90 Å². The van der Waals surface area contributed by atoms with Gasteiger partial charge in [-0.1, -0.05) is 18.1 Å². The molecule has 1 aromatic carbocycles. The summed E-state index contributed by atoms with van der Waals surface area (Å²) in [5, 5.41) is 0. The van der Waals surface area contributed by atoms with Crippen LogP contribution in [-0.2, 0) is 0 Å². The fourth-order valence-corrected chi connectivity index (χ4v) is 2.43. The molecule has 1 fully saturated rings. The number of pyridine rings is 1. The van der Waals surface area contributed by atoms with Gasteiger partial charge in [0.25, 0.3) is 0 Å². The Morgan fingerprint density at radius 2 is 1.90 bits per heavy atom. The minimum Gasteiger partial charge on any atom is -0.363 e. The van der Waals surface area contributed by atoms with Crippen LogP contribution in [0, 0.1) is 25.7 Å². The van der Waals surface area contributed by atoms with Crippen molar-refractivity contribution in [1.82, 2.24) is 4.98 Å². The Bertz CT molecular complexity index is 721. The molecule has 2 heterocycles. The highest BCUT2D eigenvalue weighted by molar-refractivity contribution is 5.54. The van der Waals surface area contributed by atoms with Crippen molar-refractivity contribution in [3.63, 3.8) is 0 Å². The lowest BCUT2D eigenvalue weighted by atomic mass is 9.95. The molecule has 0 spiro atoms. The first-order chi connectivity index (χ1) is 10.0. The number of benzene rings is 1. The summed E-state index contributed by atoms with van der Waals surface area (Å²) in [7, 11) is 0. The zero-order chi connectivity index (χ0) is 14.9. The Morgan fingerprint density at radius 3 is 2.62 bits per heavy atom. The third-order valence-electron chi connectivity index (χ3n) is 3.58. The van der Waals surface area contributed by atoms with Crippen LogP contribution < -0.4 is 4.90 Å². The van der Waals surface area contributed by atoms with E-state index in [-0.39, 0.29) is 0 Å². The van der Waals surface area contributed by atoms with Crippen molar-refractivity contribution in [2.24, 2.45) is 0 Å². The number of aromatic nitrogens is 1. The lowest BCUT2D eigenvalue weighted by molar-refractivity contribution is 0.192. The van der Waals surface area contributed by atoms with Crippen molar-refractivity contribution in [1.29, 1.82) is 0 Å². The largest absolute Gasteiger partial charge is 0.363 e. The molecule has 0 amide bonds. The quantitative estimate of drug-likeness (QED) is 0.745. The van der Waals surface area contributed by atoms with E-state index in [2.05, 4.69) is 22.9 Å². The van der Waals surface area contributed by atoms with Crippen molar-refractivity contribution in [3.05, 3.63) is 59.4 Å². The Balaban J connectivity index is 1.70. The zero-order valence-corrected chi connectivity index (χ0v) is 12.2. The molecule has 0 atom stereocenters. The van der Waals surface area contributed by atoms with Gasteiger partial charge in [0.1, 0.15) is 5.69 Å². The molecule has 0 saturated carbocycles. The van der Waals surface area contributed by atoms with E-state index >= 15 is 0 Å². The third kappa shape index (κ3) is 3.05. The summed E-state index contributed by atoms with van der Waals surface area (Å²) in [5.74, 6) is 5.58. The van der Waals surface area contributed by atoms with Gasteiger partial charge in [0.2, 0.25) is 5.67 Å². The highest BCUT2D eigenvalue weighted by atomic mass is 19.1. The molecule has 0 aliphatic carbocycles. The molecular formula is C18H17FN2. The summed E-state index contributed by atoms with van der Waals surface area (Å²) in [6.45, 7) is 4.64. The van der Waals surface area contributed by atoms with Crippen LogP contribution in [0.5, 0.6) is 0 Å². The molecule has 1 aliphatic rings. The van der Waals surface area contributed by atoms with Crippen molar-refractivity contribution in [2.45, 2.75) is 19.5 Å². The summed E-state index contributed by atoms with van der Waals surface area (Å²) < 4.78 is 14.5. The van der Waals surface area contributed by atoms with Gasteiger partial charge in [0, 0.05) is 11.9 Å². The standard InChI is InChI=1S/C18H17FN2/c1-14-4-3-5-17(11-14)21-12-18(19,13-21)8-6-16-10-15(2)7-9-20-16/h3-5,7,9-11H,12-13H2,1-2H3. The second-order valence-electron chi connectivity index (χ2n) is 5.63. The van der Waals surface area contributed by atoms with E-state index in [9.17, 15) is 4.39 Å². The van der Waals surface area contributed by atoms with Crippen LogP contribution in [0.3, 0.4) is 0 Å². The normalized spacial score (nSPS) is 15.9. The third-order valence-corrected chi connectivity index (χ3v) is 3.58. The Hall–Kier alpha value is -2.34. The van der Waals surface area contributed by atoms with Crippen molar-refractivity contribution >= 4 is 5.69 Å². The number of hydrogen-bond acceptors (Lipinski definition) is 2. The number of nitrogens with zero attached hydrogens (tertiary/aromatic N) is 2. The molecule has 1 saturated heterocycles. The van der Waals surface area contributed by atoms with Gasteiger partial charge in [0.05, 0.1) is 13.1 Å². The van der Waals surface area contributed by atoms with Crippen LogP contribution in [0.15, 0.2) is 42.6 Å². The molecule has 0 N–H and O–H groups in total. The van der Waals surface area contributed by atoms with Crippen molar-refractivity contribution in [2.75, 3.05) is 18.0 Å². The Kier molecular flexibility index (Phi) is 3.39. The summed E-state index contributed by atoms with van der Waals surface area (Å²) in [6, 6.07) is 11.9. The number of halogens is 1. The average Bonchev–Trinajstić information content (AvgIpc) is 2.42. The fourth-order valence-electron chi connectivity index (χ4n) is 2.43. The summed E-state index contributed by atoms with van der Waals surface area (Å²) in [4.78, 5) is 6.14. The maximum atomic E-state index is 14.5. The Morgan fingerprint density at radius 1 is 1.14 bits per heavy atom. The molecule has 0 bridgehead atoms. The molecule has 1 aliphatic heterocycles. The van der Waals surface area contributed by atoms with Gasteiger partial charge >= 0.3 is 0 Å². The van der Waals surface area contributed by atoms with E-state index < -0.39 is 5.67 Å². The summed E-state index contributed by atoms with van der Waals surface area (Å²) in [5.41, 5.74) is 2.51. The van der Waals surface area contributed by atoms with Gasteiger partial charge in [-0.15, -0.1) is 0 Å². The lowest BCUT2D eigenvalue weighted by Gasteiger charge is -2.42. The Labute approximate surface area is 124 Å². The summed E-state index contributed by atoms with van der Waals surface area (Å²) in [6.07, 6.45) is 1.70. The van der Waals surface area contributed by atoms with Crippen molar-refractivity contribution < 1.29 is 4.39 Å². The van der Waals surface area contributed by atoms with Crippen LogP contribution >= 0.6 is 0 Å². The molecule has 2 nitrogen and oxygen atoms in total. The van der Waals surface area contributed by atoms with Gasteiger partial charge in [0.15, 0.2) is 0 Å². The molecule has 3 rings (SSSR count). The predicted molar refractivity (Wildman–Crippen MR) is 83.1 cm³/mol. The molecule has 0 radical (unpaired) electrons. The fraction of sp³-hybridized carbons (Fsp3) is 0.278. The maximum absolute atomic E-state index is 14.5. The highest BCUT2D eigenvalue weighted by Gasteiger charge is 2.42. The smallest absolute Gasteiger partial charge is 0.205 e. The van der Waals surface area contributed by atoms with Crippen LogP contribution in [-0.4, -0.2) is 23.7 Å². The molecule has 0 unspecified atom stereocenters. The predicted octanol–water partition coefficient (Wildman–Crippen LogP) is 3.28. The average molecular weight is 280 g/mol. The lowest BCUT2D eigenvalue weighted by Crippen LogP contribution is -2.58. The first-order valence-electron chi connectivity index (χ1n) is 7.00. The highest BCUT2D eigenvalue weighted by Crippen LogP contribution is 2.30. The summed E-state index contributed by atoms with van der Waals surface area (Å²) >= 11 is 0. The van der Waals surface area contributed by atoms with Crippen molar-refractivity contribution in [3.8, 4) is 11.8 Å². The molecular weight excluding hydrogens is 263 g/mol. The second kappa shape index (κ2) is 5.21. The topological polar surface area (TPSA) is 16.1 Å². The SMILES string of the molecule is Cc1cccc(N2CC(F)(C#Cc3cc(C)ccn3)C2)c1. The van der Waals surface area contributed by atoms with E-state index in [1.54, 1.807) is 6.20 Å². The van der Waals surface area contributed by atoms with Gasteiger partial charge in [-0.25, -0.2) is 9.37 Å². The second-order valence-corrected chi connectivity index (χ2v) is 5.63. The molecule has 21 heavy (non-hydrogen) atoms. The van der Waals surface area contributed by atoms with Crippen LogP contribution in [0.1, 0.15) is 16.8 Å². The van der Waals surface area contributed by atoms with E-state index in [4.69, 9.17) is 0 Å². The molecule has 2 aromatic rings. The number of hydrogen-bond donors (Lipinski definition) is 0. The minimum atomic E-state index is -1.44. The van der Waals surface area contributed by atoms with E-state index in [1.807, 2.05) is 49.1 Å². The van der Waals surface area contributed by atoms with E-state index in [1.165, 1.54) is 5.56 Å². The maximum Gasteiger partial charge on any atom is 0.205 e. The van der Waals surface area contributed by atoms with Crippen LogP contribution in [0.4, 0.5) is 10.1 Å². The number of aryl methyl sites for hydroxylation is 2. The number of alkyl halides is 1. The monoisotopic (exact) mass is 280 g/mol. The van der Waals surface area contributed by atoms with Gasteiger partial charge in [-0.2, -0.15) is 0 Å². The van der Waals surface area contributed by atoms with E-state index in [0.29, 0.717) is 18.8 Å². The first kappa shape index (κ1) is 13.6. The molecule has 106 valence electrons. The van der Waals surface area contributed by atoms with Crippen LogP contribution in [0.25, 0.3) is 0 Å². The molecule has 3 heteroatoms. The van der Waals surface area contributed by atoms with E-state index in [0.717, 1.165) is 11.3 Å². The first-order valence-corrected chi connectivity index (χ1v) is 7.00. The zero-order valence-electron chi connectivity index (χ0n) is 12.2. The van der Waals surface area contributed by atoms with Crippen LogP contribution in [0.2, 0.25) is 0 Å². The number of rotatable bonds is 1. The minimum absolute atomic E-state index is 0.315. The van der Waals surface area contributed by atoms with Gasteiger partial charge in [-0.05, 0) is 55.2 Å². The number of anilines is 1. The molecule has 1 aromatic heterocycles.